The quantitative estimate of drug-likeness (QED) is 0.735. The molecule has 152 valence electrons. The first kappa shape index (κ1) is 20.4. The summed E-state index contributed by atoms with van der Waals surface area (Å²) >= 11 is 0. The zero-order valence-electron chi connectivity index (χ0n) is 16.5. The van der Waals surface area contributed by atoms with Crippen molar-refractivity contribution in [2.75, 3.05) is 47.5 Å². The van der Waals surface area contributed by atoms with Gasteiger partial charge >= 0.3 is 0 Å². The molecular weight excluding hydrogens is 380 g/mol. The van der Waals surface area contributed by atoms with Gasteiger partial charge in [-0.15, -0.1) is 0 Å². The monoisotopic (exact) mass is 407 g/mol. The van der Waals surface area contributed by atoms with Gasteiger partial charge in [0.1, 0.15) is 23.8 Å². The molecule has 1 fully saturated rings. The van der Waals surface area contributed by atoms with Gasteiger partial charge in [0.2, 0.25) is 10.0 Å². The molecule has 28 heavy (non-hydrogen) atoms. The number of methoxy groups -OCH3 is 3. The van der Waals surface area contributed by atoms with E-state index in [2.05, 4.69) is 0 Å². The number of hydrogen-bond donors (Lipinski definition) is 1. The number of ether oxygens (including phenoxy) is 3. The largest absolute Gasteiger partial charge is 0.497 e. The molecule has 0 aliphatic carbocycles. The predicted molar refractivity (Wildman–Crippen MR) is 106 cm³/mol. The van der Waals surface area contributed by atoms with Gasteiger partial charge in [-0.05, 0) is 36.4 Å². The summed E-state index contributed by atoms with van der Waals surface area (Å²) in [5.74, 6) is 2.19. The highest BCUT2D eigenvalue weighted by Gasteiger charge is 2.30. The number of quaternary nitrogens is 1. The Morgan fingerprint density at radius 2 is 1.50 bits per heavy atom. The van der Waals surface area contributed by atoms with Crippen molar-refractivity contribution in [1.29, 1.82) is 0 Å². The number of piperazine rings is 1. The van der Waals surface area contributed by atoms with Gasteiger partial charge in [-0.2, -0.15) is 4.31 Å². The van der Waals surface area contributed by atoms with E-state index >= 15 is 0 Å². The third-order valence-electron chi connectivity index (χ3n) is 5.06. The van der Waals surface area contributed by atoms with E-state index < -0.39 is 10.0 Å². The van der Waals surface area contributed by atoms with E-state index in [1.807, 2.05) is 18.2 Å². The first-order valence-corrected chi connectivity index (χ1v) is 10.6. The van der Waals surface area contributed by atoms with Crippen molar-refractivity contribution < 1.29 is 27.5 Å². The molecule has 3 rings (SSSR count). The van der Waals surface area contributed by atoms with Crippen molar-refractivity contribution in [2.24, 2.45) is 0 Å². The number of nitrogens with zero attached hydrogens (tertiary/aromatic N) is 1. The van der Waals surface area contributed by atoms with E-state index in [4.69, 9.17) is 14.2 Å². The minimum atomic E-state index is -3.48. The van der Waals surface area contributed by atoms with Crippen molar-refractivity contribution >= 4 is 10.0 Å². The maximum Gasteiger partial charge on any atom is 0.243 e. The van der Waals surface area contributed by atoms with Crippen LogP contribution in [-0.2, 0) is 16.6 Å². The van der Waals surface area contributed by atoms with Crippen molar-refractivity contribution in [1.82, 2.24) is 4.31 Å². The van der Waals surface area contributed by atoms with Crippen LogP contribution < -0.4 is 19.1 Å². The highest BCUT2D eigenvalue weighted by molar-refractivity contribution is 7.89. The van der Waals surface area contributed by atoms with Crippen LogP contribution in [-0.4, -0.2) is 60.2 Å². The van der Waals surface area contributed by atoms with E-state index in [1.165, 1.54) is 4.90 Å². The Bertz CT molecular complexity index is 891. The molecule has 0 radical (unpaired) electrons. The summed E-state index contributed by atoms with van der Waals surface area (Å²) in [6.45, 7) is 3.24. The first-order valence-electron chi connectivity index (χ1n) is 9.16. The Morgan fingerprint density at radius 1 is 0.893 bits per heavy atom. The van der Waals surface area contributed by atoms with Gasteiger partial charge in [0, 0.05) is 11.6 Å². The minimum absolute atomic E-state index is 0.300. The molecule has 7 nitrogen and oxygen atoms in total. The van der Waals surface area contributed by atoms with Gasteiger partial charge in [0.25, 0.3) is 0 Å². The van der Waals surface area contributed by atoms with Crippen LogP contribution in [0.25, 0.3) is 0 Å². The number of nitrogens with one attached hydrogen (secondary N) is 1. The Labute approximate surface area is 166 Å². The molecule has 0 amide bonds. The molecule has 1 aliphatic rings. The van der Waals surface area contributed by atoms with Crippen LogP contribution in [0.1, 0.15) is 5.56 Å². The Kier molecular flexibility index (Phi) is 6.43. The third-order valence-corrected chi connectivity index (χ3v) is 6.97. The second kappa shape index (κ2) is 8.81. The average molecular weight is 408 g/mol. The summed E-state index contributed by atoms with van der Waals surface area (Å²) in [5, 5.41) is 0. The second-order valence-corrected chi connectivity index (χ2v) is 8.62. The van der Waals surface area contributed by atoms with Crippen LogP contribution in [0.4, 0.5) is 0 Å². The number of rotatable bonds is 7. The maximum atomic E-state index is 12.9. The fourth-order valence-electron chi connectivity index (χ4n) is 3.38. The van der Waals surface area contributed by atoms with Gasteiger partial charge in [-0.3, -0.25) is 0 Å². The van der Waals surface area contributed by atoms with Crippen LogP contribution in [0.15, 0.2) is 47.4 Å². The highest BCUT2D eigenvalue weighted by atomic mass is 32.2. The molecule has 1 saturated heterocycles. The van der Waals surface area contributed by atoms with E-state index in [0.29, 0.717) is 23.7 Å². The van der Waals surface area contributed by atoms with Crippen LogP contribution in [0, 0.1) is 0 Å². The van der Waals surface area contributed by atoms with Crippen molar-refractivity contribution in [3.05, 3.63) is 48.0 Å². The summed E-state index contributed by atoms with van der Waals surface area (Å²) in [4.78, 5) is 1.62. The Morgan fingerprint density at radius 3 is 2.07 bits per heavy atom. The maximum absolute atomic E-state index is 12.9. The lowest BCUT2D eigenvalue weighted by Gasteiger charge is -2.31. The average Bonchev–Trinajstić information content (AvgIpc) is 2.74. The lowest BCUT2D eigenvalue weighted by atomic mass is 10.1. The highest BCUT2D eigenvalue weighted by Crippen LogP contribution is 2.24. The zero-order chi connectivity index (χ0) is 20.1. The zero-order valence-corrected chi connectivity index (χ0v) is 17.3. The molecular formula is C20H27N2O5S+. The van der Waals surface area contributed by atoms with Crippen LogP contribution in [0.5, 0.6) is 17.2 Å². The molecule has 8 heteroatoms. The predicted octanol–water partition coefficient (Wildman–Crippen LogP) is 0.802. The van der Waals surface area contributed by atoms with Gasteiger partial charge in [0.05, 0.1) is 52.4 Å². The van der Waals surface area contributed by atoms with Crippen molar-refractivity contribution in [3.63, 3.8) is 0 Å². The molecule has 2 aromatic rings. The summed E-state index contributed by atoms with van der Waals surface area (Å²) in [6.07, 6.45) is 0. The number of hydrogen-bond acceptors (Lipinski definition) is 5. The molecule has 0 atom stereocenters. The fourth-order valence-corrected chi connectivity index (χ4v) is 4.83. The summed E-state index contributed by atoms with van der Waals surface area (Å²) < 4.78 is 43.1. The molecule has 1 aliphatic heterocycles. The van der Waals surface area contributed by atoms with E-state index in [9.17, 15) is 8.42 Å². The van der Waals surface area contributed by atoms with Gasteiger partial charge in [-0.1, -0.05) is 0 Å². The van der Waals surface area contributed by atoms with E-state index in [0.717, 1.165) is 36.7 Å². The van der Waals surface area contributed by atoms with Crippen LogP contribution in [0.2, 0.25) is 0 Å². The van der Waals surface area contributed by atoms with Gasteiger partial charge in [0.15, 0.2) is 0 Å². The topological polar surface area (TPSA) is 69.5 Å². The molecule has 1 heterocycles. The summed E-state index contributed by atoms with van der Waals surface area (Å²) in [5.41, 5.74) is 1.09. The fraction of sp³-hybridized carbons (Fsp3) is 0.400. The molecule has 0 aromatic heterocycles. The Hall–Kier alpha value is -2.29. The minimum Gasteiger partial charge on any atom is -0.497 e. The molecule has 0 saturated carbocycles. The van der Waals surface area contributed by atoms with Crippen molar-refractivity contribution in [3.8, 4) is 17.2 Å². The number of benzene rings is 2. The van der Waals surface area contributed by atoms with E-state index in [-0.39, 0.29) is 0 Å². The molecule has 0 spiro atoms. The van der Waals surface area contributed by atoms with Crippen molar-refractivity contribution in [2.45, 2.75) is 11.4 Å². The molecule has 0 bridgehead atoms. The first-order chi connectivity index (χ1) is 13.5. The lowest BCUT2D eigenvalue weighted by Crippen LogP contribution is -3.13. The lowest BCUT2D eigenvalue weighted by molar-refractivity contribution is -0.917. The smallest absolute Gasteiger partial charge is 0.243 e. The summed E-state index contributed by atoms with van der Waals surface area (Å²) in [7, 11) is 1.35. The Balaban J connectivity index is 1.64. The normalized spacial score (nSPS) is 16.0. The van der Waals surface area contributed by atoms with Gasteiger partial charge in [-0.25, -0.2) is 8.42 Å². The van der Waals surface area contributed by atoms with E-state index in [1.54, 1.807) is 49.9 Å². The van der Waals surface area contributed by atoms with Crippen LogP contribution >= 0.6 is 0 Å². The SMILES string of the molecule is COc1ccc(S(=O)(=O)N2CC[NH+](Cc3ccc(OC)cc3OC)CC2)cc1. The van der Waals surface area contributed by atoms with Gasteiger partial charge < -0.3 is 19.1 Å². The molecule has 0 unspecified atom stereocenters. The number of sulfonamides is 1. The molecule has 1 N–H and O–H groups in total. The molecule has 2 aromatic carbocycles. The third kappa shape index (κ3) is 4.40. The van der Waals surface area contributed by atoms with Crippen LogP contribution in [0.3, 0.4) is 0 Å². The second-order valence-electron chi connectivity index (χ2n) is 6.68. The summed E-state index contributed by atoms with van der Waals surface area (Å²) in [6, 6.07) is 12.3. The standard InChI is InChI=1S/C20H26N2O5S/c1-25-17-6-8-19(9-7-17)28(23,24)22-12-10-21(11-13-22)15-16-4-5-18(26-2)14-20(16)27-3/h4-9,14H,10-13,15H2,1-3H3/p+1.